The number of anilines is 2. The lowest BCUT2D eigenvalue weighted by Crippen LogP contribution is -2.47. The molecular weight excluding hydrogens is 372 g/mol. The van der Waals surface area contributed by atoms with Crippen LogP contribution in [0.2, 0.25) is 0 Å². The highest BCUT2D eigenvalue weighted by Gasteiger charge is 2.40. The highest BCUT2D eigenvalue weighted by atomic mass is 32.1. The maximum Gasteiger partial charge on any atom is 0.244 e. The van der Waals surface area contributed by atoms with Gasteiger partial charge in [-0.25, -0.2) is 9.67 Å². The Balaban J connectivity index is 1.54. The Kier molecular flexibility index (Phi) is 4.80. The van der Waals surface area contributed by atoms with E-state index in [1.54, 1.807) is 10.7 Å². The second kappa shape index (κ2) is 7.27. The van der Waals surface area contributed by atoms with E-state index in [1.165, 1.54) is 16.9 Å². The number of carbonyl (C=O) groups is 1. The number of piperidine rings is 1. The van der Waals surface area contributed by atoms with Gasteiger partial charge < -0.3 is 16.4 Å². The van der Waals surface area contributed by atoms with Gasteiger partial charge in [0.05, 0.1) is 11.4 Å². The van der Waals surface area contributed by atoms with Gasteiger partial charge >= 0.3 is 0 Å². The average Bonchev–Trinajstić information content (AvgIpc) is 3.27. The fourth-order valence-corrected chi connectivity index (χ4v) is 4.68. The molecule has 4 N–H and O–H groups in total. The molecule has 28 heavy (non-hydrogen) atoms. The minimum atomic E-state index is -0.215. The molecule has 0 spiro atoms. The van der Waals surface area contributed by atoms with Crippen molar-refractivity contribution in [1.82, 2.24) is 19.7 Å². The standard InChI is InChI=1S/C20H24N6OS/c1-14-11-17(21)26(24-14)12-18(27)25-9-7-20(8-10-25,15-5-3-2-4-6-15)16-13-28-19(22)23-16/h2-6,11,13H,7-10,12,21H2,1H3,(H2,22,23). The summed E-state index contributed by atoms with van der Waals surface area (Å²) in [6.45, 7) is 3.35. The summed E-state index contributed by atoms with van der Waals surface area (Å²) in [6.07, 6.45) is 1.61. The lowest BCUT2D eigenvalue weighted by Gasteiger charge is -2.41. The van der Waals surface area contributed by atoms with Crippen molar-refractivity contribution in [1.29, 1.82) is 0 Å². The van der Waals surface area contributed by atoms with Gasteiger partial charge in [0.15, 0.2) is 5.13 Å². The maximum atomic E-state index is 12.8. The summed E-state index contributed by atoms with van der Waals surface area (Å²) in [5.74, 6) is 0.550. The number of hydrogen-bond donors (Lipinski definition) is 2. The van der Waals surface area contributed by atoms with Crippen molar-refractivity contribution >= 4 is 28.2 Å². The maximum absolute atomic E-state index is 12.8. The average molecular weight is 397 g/mol. The van der Waals surface area contributed by atoms with Crippen LogP contribution in [-0.4, -0.2) is 38.7 Å². The number of nitrogens with zero attached hydrogens (tertiary/aromatic N) is 4. The van der Waals surface area contributed by atoms with E-state index in [0.29, 0.717) is 24.0 Å². The van der Waals surface area contributed by atoms with Gasteiger partial charge in [0.2, 0.25) is 5.91 Å². The lowest BCUT2D eigenvalue weighted by molar-refractivity contribution is -0.133. The second-order valence-corrected chi connectivity index (χ2v) is 8.16. The molecule has 1 aromatic carbocycles. The molecular formula is C20H24N6OS. The van der Waals surface area contributed by atoms with Crippen molar-refractivity contribution in [2.75, 3.05) is 24.6 Å². The minimum absolute atomic E-state index is 0.0363. The van der Waals surface area contributed by atoms with Gasteiger partial charge in [-0.1, -0.05) is 30.3 Å². The number of aromatic nitrogens is 3. The van der Waals surface area contributed by atoms with E-state index >= 15 is 0 Å². The Morgan fingerprint density at radius 1 is 1.21 bits per heavy atom. The van der Waals surface area contributed by atoms with Crippen molar-refractivity contribution < 1.29 is 4.79 Å². The molecule has 1 amide bonds. The minimum Gasteiger partial charge on any atom is -0.384 e. The monoisotopic (exact) mass is 396 g/mol. The number of amides is 1. The molecule has 146 valence electrons. The largest absolute Gasteiger partial charge is 0.384 e. The zero-order valence-corrected chi connectivity index (χ0v) is 16.7. The van der Waals surface area contributed by atoms with Crippen molar-refractivity contribution in [3.63, 3.8) is 0 Å². The van der Waals surface area contributed by atoms with Crippen LogP contribution in [0.3, 0.4) is 0 Å². The number of hydrogen-bond acceptors (Lipinski definition) is 6. The first-order chi connectivity index (χ1) is 13.5. The van der Waals surface area contributed by atoms with E-state index in [2.05, 4.69) is 22.2 Å². The zero-order valence-electron chi connectivity index (χ0n) is 15.8. The molecule has 0 radical (unpaired) electrons. The number of carbonyl (C=O) groups excluding carboxylic acids is 1. The van der Waals surface area contributed by atoms with Crippen LogP contribution in [0.1, 0.15) is 29.8 Å². The highest BCUT2D eigenvalue weighted by Crippen LogP contribution is 2.42. The van der Waals surface area contributed by atoms with E-state index in [0.717, 1.165) is 24.2 Å². The van der Waals surface area contributed by atoms with Crippen molar-refractivity contribution in [2.24, 2.45) is 0 Å². The predicted octanol–water partition coefficient (Wildman–Crippen LogP) is 2.42. The van der Waals surface area contributed by atoms with Crippen LogP contribution in [0.5, 0.6) is 0 Å². The Hall–Kier alpha value is -2.87. The molecule has 0 aliphatic carbocycles. The summed E-state index contributed by atoms with van der Waals surface area (Å²) >= 11 is 1.46. The molecule has 1 aliphatic rings. The highest BCUT2D eigenvalue weighted by molar-refractivity contribution is 7.13. The van der Waals surface area contributed by atoms with Gasteiger partial charge in [-0.2, -0.15) is 5.10 Å². The SMILES string of the molecule is Cc1cc(N)n(CC(=O)N2CCC(c3ccccc3)(c3csc(N)n3)CC2)n1. The molecule has 3 heterocycles. The molecule has 3 aromatic rings. The third-order valence-corrected chi connectivity index (χ3v) is 6.20. The zero-order chi connectivity index (χ0) is 19.7. The van der Waals surface area contributed by atoms with Gasteiger partial charge in [-0.3, -0.25) is 4.79 Å². The summed E-state index contributed by atoms with van der Waals surface area (Å²) in [6, 6.07) is 12.2. The number of nitrogens with two attached hydrogens (primary N) is 2. The van der Waals surface area contributed by atoms with Gasteiger partial charge in [-0.05, 0) is 25.3 Å². The third-order valence-electron chi connectivity index (χ3n) is 5.53. The molecule has 1 saturated heterocycles. The summed E-state index contributed by atoms with van der Waals surface area (Å²) in [7, 11) is 0. The molecule has 2 aromatic heterocycles. The van der Waals surface area contributed by atoms with Crippen molar-refractivity contribution in [2.45, 2.75) is 31.7 Å². The molecule has 7 nitrogen and oxygen atoms in total. The van der Waals surface area contributed by atoms with Crippen molar-refractivity contribution in [3.05, 3.63) is 58.7 Å². The Morgan fingerprint density at radius 3 is 2.50 bits per heavy atom. The van der Waals surface area contributed by atoms with Crippen molar-refractivity contribution in [3.8, 4) is 0 Å². The molecule has 0 unspecified atom stereocenters. The van der Waals surface area contributed by atoms with Crippen LogP contribution in [0.15, 0.2) is 41.8 Å². The molecule has 0 saturated carbocycles. The first-order valence-electron chi connectivity index (χ1n) is 9.33. The van der Waals surface area contributed by atoms with E-state index in [1.807, 2.05) is 35.4 Å². The molecule has 1 fully saturated rings. The van der Waals surface area contributed by atoms with Gasteiger partial charge in [0.1, 0.15) is 12.4 Å². The number of thiazole rings is 1. The van der Waals surface area contributed by atoms with E-state index in [9.17, 15) is 4.79 Å². The third kappa shape index (κ3) is 3.35. The smallest absolute Gasteiger partial charge is 0.244 e. The summed E-state index contributed by atoms with van der Waals surface area (Å²) in [5, 5.41) is 6.92. The molecule has 4 rings (SSSR count). The Labute approximate surface area is 168 Å². The molecule has 1 aliphatic heterocycles. The number of benzene rings is 1. The van der Waals surface area contributed by atoms with Crippen LogP contribution >= 0.6 is 11.3 Å². The number of likely N-dealkylation sites (tertiary alicyclic amines) is 1. The topological polar surface area (TPSA) is 103 Å². The summed E-state index contributed by atoms with van der Waals surface area (Å²) in [5.41, 5.74) is 14.7. The predicted molar refractivity (Wildman–Crippen MR) is 111 cm³/mol. The second-order valence-electron chi connectivity index (χ2n) is 7.27. The van der Waals surface area contributed by atoms with Gasteiger partial charge in [0.25, 0.3) is 0 Å². The fourth-order valence-electron chi connectivity index (χ4n) is 4.02. The normalized spacial score (nSPS) is 16.2. The number of rotatable bonds is 4. The van der Waals surface area contributed by atoms with Gasteiger partial charge in [0, 0.05) is 30.0 Å². The lowest BCUT2D eigenvalue weighted by atomic mass is 9.70. The molecule has 8 heteroatoms. The first-order valence-corrected chi connectivity index (χ1v) is 10.2. The number of nitrogen functional groups attached to an aromatic ring is 2. The summed E-state index contributed by atoms with van der Waals surface area (Å²) < 4.78 is 1.57. The van der Waals surface area contributed by atoms with E-state index in [-0.39, 0.29) is 17.9 Å². The van der Waals surface area contributed by atoms with Crippen LogP contribution in [0, 0.1) is 6.92 Å². The van der Waals surface area contributed by atoms with Crippen LogP contribution in [0.4, 0.5) is 10.9 Å². The van der Waals surface area contributed by atoms with E-state index < -0.39 is 0 Å². The van der Waals surface area contributed by atoms with Crippen LogP contribution in [0.25, 0.3) is 0 Å². The molecule has 0 atom stereocenters. The first kappa shape index (κ1) is 18.5. The Bertz CT molecular complexity index is 972. The van der Waals surface area contributed by atoms with Gasteiger partial charge in [-0.15, -0.1) is 11.3 Å². The van der Waals surface area contributed by atoms with E-state index in [4.69, 9.17) is 11.5 Å². The number of aryl methyl sites for hydroxylation is 1. The van der Waals surface area contributed by atoms with Crippen LogP contribution in [-0.2, 0) is 16.8 Å². The summed E-state index contributed by atoms with van der Waals surface area (Å²) in [4.78, 5) is 19.3. The quantitative estimate of drug-likeness (QED) is 0.705. The molecule has 0 bridgehead atoms. The fraction of sp³-hybridized carbons (Fsp3) is 0.350. The Morgan fingerprint density at radius 2 is 1.93 bits per heavy atom. The van der Waals surface area contributed by atoms with Crippen LogP contribution < -0.4 is 11.5 Å².